The lowest BCUT2D eigenvalue weighted by Crippen LogP contribution is -2.62. The number of aliphatic carboxylic acids is 1. The van der Waals surface area contributed by atoms with E-state index in [-0.39, 0.29) is 108 Å². The number of carboxylic acid groups (broad SMARTS) is 1. The van der Waals surface area contributed by atoms with Gasteiger partial charge >= 0.3 is 5.97 Å². The third kappa shape index (κ3) is 30.8. The van der Waals surface area contributed by atoms with E-state index in [1.807, 2.05) is 36.4 Å². The number of fused-ring (bicyclic) bond motifs is 2. The predicted octanol–water partition coefficient (Wildman–Crippen LogP) is -5.06. The van der Waals surface area contributed by atoms with Crippen LogP contribution in [-0.4, -0.2) is 221 Å². The molecule has 39 heteroatoms. The number of unbranched alkanes of at least 4 members (excludes halogenated alkanes) is 2. The van der Waals surface area contributed by atoms with E-state index < -0.39 is 162 Å². The van der Waals surface area contributed by atoms with Crippen molar-refractivity contribution in [2.75, 3.05) is 39.3 Å². The number of guanidine groups is 3. The summed E-state index contributed by atoms with van der Waals surface area (Å²) >= 11 is 0. The summed E-state index contributed by atoms with van der Waals surface area (Å²) in [5.41, 5.74) is 53.3. The Bertz CT molecular complexity index is 3810. The number of aromatic amines is 2. The Labute approximate surface area is 638 Å². The molecule has 0 radical (unpaired) electrons. The highest BCUT2D eigenvalue weighted by molar-refractivity contribution is 6.00. The standard InChI is InChI=1S/C71H115N25O14/c1-37(2)55(65(106)86-39(5)58(99)88-47(22-11-13-27-72)61(102)94-56(38(3)4)66(107)91-49(25-16-30-82-70(77)78)60(101)92-51(68(109)110)23-12-14-28-73)95-67(108)57(40(6)97)96-62(103)50(26-17-31-83-71(79)80)89-59(100)48(24-15-29-81-69(75)76)90-64(105)53(33-42-36-85-46-21-10-8-19-44(42)46)93-63(104)52(87-54(98)34-74)32-41-35-84-45-20-9-7-18-43(41)45/h7-10,18-21,35-40,47-53,55-57,84-85,97H,11-17,22-34,72-74H2,1-6H3,(H,86,106)(H,87,98)(H,88,99)(H,89,100)(H,90,105)(H,91,107)(H,92,101)(H,93,104)(H,94,102)(H,95,108)(H,96,103)(H,109,110)(H4,75,76,81)(H4,77,78,82)(H4,79,80,83)/t39-,40+,47-,48-,49-,50-,51-,52-,53-,55-,56-,57-/m0/s1. The van der Waals surface area contributed by atoms with Crippen molar-refractivity contribution in [1.29, 1.82) is 0 Å². The molecule has 11 amide bonds. The van der Waals surface area contributed by atoms with Gasteiger partial charge in [0.15, 0.2) is 17.9 Å². The van der Waals surface area contributed by atoms with Gasteiger partial charge in [-0.05, 0) is 139 Å². The molecule has 33 N–H and O–H groups in total. The van der Waals surface area contributed by atoms with E-state index in [1.54, 1.807) is 52.2 Å². The van der Waals surface area contributed by atoms with Gasteiger partial charge in [-0.3, -0.25) is 67.7 Å². The minimum atomic E-state index is -1.84. The molecule has 110 heavy (non-hydrogen) atoms. The number of carboxylic acids is 1. The third-order valence-electron chi connectivity index (χ3n) is 17.9. The van der Waals surface area contributed by atoms with Crippen molar-refractivity contribution in [3.8, 4) is 0 Å². The van der Waals surface area contributed by atoms with Crippen molar-refractivity contribution in [2.24, 2.45) is 78.4 Å². The highest BCUT2D eigenvalue weighted by atomic mass is 16.4. The van der Waals surface area contributed by atoms with Gasteiger partial charge in [0.25, 0.3) is 0 Å². The number of aliphatic hydroxyl groups excluding tert-OH is 1. The smallest absolute Gasteiger partial charge is 0.326 e. The number of aliphatic imine (C=N–C) groups is 3. The SMILES string of the molecule is CC(C)[C@H](NC(=O)[C@H](CCCCN)NC(=O)[C@H](C)NC(=O)[C@@H](NC(=O)[C@@H](NC(=O)[C@H](CCCN=C(N)N)NC(=O)[C@H](CCCN=C(N)N)NC(=O)[C@H](Cc1c[nH]c2ccccc12)NC(=O)[C@H](Cc1c[nH]c2ccccc12)NC(=O)CN)[C@@H](C)O)C(C)C)C(=O)N[C@@H](CCCN=C(N)N)C(=O)N[C@@H](CCCCN)C(=O)O. The lowest BCUT2D eigenvalue weighted by atomic mass is 10.00. The molecule has 0 spiro atoms. The molecule has 2 aromatic heterocycles. The summed E-state index contributed by atoms with van der Waals surface area (Å²) in [6.45, 7) is 8.85. The molecular weight excluding hydrogens is 1430 g/mol. The fourth-order valence-corrected chi connectivity index (χ4v) is 11.8. The molecule has 2 heterocycles. The fourth-order valence-electron chi connectivity index (χ4n) is 11.8. The van der Waals surface area contributed by atoms with Crippen LogP contribution < -0.4 is 110 Å². The summed E-state index contributed by atoms with van der Waals surface area (Å²) < 4.78 is 0. The molecule has 0 unspecified atom stereocenters. The van der Waals surface area contributed by atoms with Crippen molar-refractivity contribution >= 4 is 111 Å². The molecule has 2 aromatic carbocycles. The minimum absolute atomic E-state index is 0.00217. The number of aliphatic hydroxyl groups is 1. The Hall–Kier alpha value is -11.2. The Kier molecular flexibility index (Phi) is 38.9. The number of nitrogens with two attached hydrogens (primary N) is 9. The average Bonchev–Trinajstić information content (AvgIpc) is 1.64. The first-order valence-electron chi connectivity index (χ1n) is 36.8. The molecule has 12 atom stereocenters. The molecule has 0 aliphatic heterocycles. The molecule has 0 saturated carbocycles. The highest BCUT2D eigenvalue weighted by Crippen LogP contribution is 2.22. The van der Waals surface area contributed by atoms with Gasteiger partial charge in [-0.15, -0.1) is 0 Å². The number of benzene rings is 2. The number of carbonyl (C=O) groups is 12. The Balaban J connectivity index is 1.59. The van der Waals surface area contributed by atoms with Crippen LogP contribution in [-0.2, 0) is 70.4 Å². The number of H-pyrrole nitrogens is 2. The third-order valence-corrected chi connectivity index (χ3v) is 17.9. The second kappa shape index (κ2) is 46.9. The first-order valence-corrected chi connectivity index (χ1v) is 36.8. The van der Waals surface area contributed by atoms with Crippen LogP contribution in [0.3, 0.4) is 0 Å². The number of amides is 11. The second-order valence-electron chi connectivity index (χ2n) is 27.5. The van der Waals surface area contributed by atoms with Crippen LogP contribution in [0.4, 0.5) is 0 Å². The van der Waals surface area contributed by atoms with E-state index in [0.717, 1.165) is 10.9 Å². The van der Waals surface area contributed by atoms with Crippen LogP contribution in [0.5, 0.6) is 0 Å². The van der Waals surface area contributed by atoms with Crippen LogP contribution >= 0.6 is 0 Å². The van der Waals surface area contributed by atoms with E-state index in [9.17, 15) is 67.7 Å². The van der Waals surface area contributed by atoms with Gasteiger partial charge in [-0.25, -0.2) is 4.79 Å². The normalized spacial score (nSPS) is 14.5. The largest absolute Gasteiger partial charge is 0.480 e. The van der Waals surface area contributed by atoms with Gasteiger partial charge < -0.3 is 130 Å². The summed E-state index contributed by atoms with van der Waals surface area (Å²) in [5, 5.41) is 51.4. The number of nitrogens with one attached hydrogen (secondary N) is 13. The molecular formula is C71H115N25O14. The highest BCUT2D eigenvalue weighted by Gasteiger charge is 2.38. The molecule has 4 aromatic rings. The quantitative estimate of drug-likeness (QED) is 0.0112. The Morgan fingerprint density at radius 1 is 0.382 bits per heavy atom. The maximum atomic E-state index is 15.0. The number of rotatable bonds is 50. The van der Waals surface area contributed by atoms with E-state index in [2.05, 4.69) is 83.4 Å². The van der Waals surface area contributed by atoms with Gasteiger partial charge in [0.2, 0.25) is 65.0 Å². The topological polar surface area (TPSA) is 680 Å². The van der Waals surface area contributed by atoms with Gasteiger partial charge in [0, 0.05) is 66.7 Å². The summed E-state index contributed by atoms with van der Waals surface area (Å²) in [7, 11) is 0. The summed E-state index contributed by atoms with van der Waals surface area (Å²) in [4.78, 5) is 187. The number of para-hydroxylation sites is 2. The molecule has 608 valence electrons. The second-order valence-corrected chi connectivity index (χ2v) is 27.5. The molecule has 0 aliphatic carbocycles. The van der Waals surface area contributed by atoms with Crippen molar-refractivity contribution in [1.82, 2.24) is 68.5 Å². The summed E-state index contributed by atoms with van der Waals surface area (Å²) in [5.74, 6) is -13.1. The van der Waals surface area contributed by atoms with E-state index in [4.69, 9.17) is 51.6 Å². The van der Waals surface area contributed by atoms with Gasteiger partial charge in [-0.2, -0.15) is 0 Å². The van der Waals surface area contributed by atoms with Gasteiger partial charge in [-0.1, -0.05) is 64.1 Å². The van der Waals surface area contributed by atoms with E-state index in [1.165, 1.54) is 13.8 Å². The Morgan fingerprint density at radius 2 is 0.700 bits per heavy atom. The van der Waals surface area contributed by atoms with E-state index in [0.29, 0.717) is 54.3 Å². The zero-order valence-corrected chi connectivity index (χ0v) is 63.3. The van der Waals surface area contributed by atoms with Crippen LogP contribution in [0.2, 0.25) is 0 Å². The minimum Gasteiger partial charge on any atom is -0.480 e. The predicted molar refractivity (Wildman–Crippen MR) is 415 cm³/mol. The molecule has 0 bridgehead atoms. The van der Waals surface area contributed by atoms with Gasteiger partial charge in [0.05, 0.1) is 12.6 Å². The zero-order chi connectivity index (χ0) is 81.7. The van der Waals surface area contributed by atoms with Crippen LogP contribution in [0, 0.1) is 11.8 Å². The molecule has 4 rings (SSSR count). The monoisotopic (exact) mass is 1540 g/mol. The molecule has 0 saturated heterocycles. The van der Waals surface area contributed by atoms with Crippen LogP contribution in [0.15, 0.2) is 75.9 Å². The molecule has 39 nitrogen and oxygen atoms in total. The van der Waals surface area contributed by atoms with Crippen LogP contribution in [0.25, 0.3) is 21.8 Å². The van der Waals surface area contributed by atoms with Crippen molar-refractivity contribution in [2.45, 2.75) is 204 Å². The van der Waals surface area contributed by atoms with Gasteiger partial charge in [0.1, 0.15) is 66.5 Å². The number of carbonyl (C=O) groups excluding carboxylic acids is 11. The van der Waals surface area contributed by atoms with Crippen molar-refractivity contribution in [3.05, 3.63) is 72.1 Å². The van der Waals surface area contributed by atoms with Crippen LogP contribution in [0.1, 0.15) is 130 Å². The summed E-state index contributed by atoms with van der Waals surface area (Å²) in [6.07, 6.45) is 2.97. The number of hydrogen-bond acceptors (Lipinski definition) is 19. The fraction of sp³-hybridized carbons (Fsp3) is 0.563. The average molecular weight is 1540 g/mol. The number of hydrogen-bond donors (Lipinski definition) is 24. The maximum absolute atomic E-state index is 15.0. The first kappa shape index (κ1) is 91.2. The maximum Gasteiger partial charge on any atom is 0.326 e. The Morgan fingerprint density at radius 3 is 1.09 bits per heavy atom. The zero-order valence-electron chi connectivity index (χ0n) is 63.3. The molecule has 0 aliphatic rings. The first-order chi connectivity index (χ1) is 52.2. The van der Waals surface area contributed by atoms with Crippen molar-refractivity contribution in [3.63, 3.8) is 0 Å². The number of nitrogens with zero attached hydrogens (tertiary/aromatic N) is 3. The lowest BCUT2D eigenvalue weighted by molar-refractivity contribution is -0.142. The molecule has 0 fully saturated rings. The van der Waals surface area contributed by atoms with Crippen molar-refractivity contribution < 1.29 is 67.7 Å². The summed E-state index contributed by atoms with van der Waals surface area (Å²) in [6, 6.07) is -1.28. The lowest BCUT2D eigenvalue weighted by Gasteiger charge is -2.30. The number of aromatic nitrogens is 2. The van der Waals surface area contributed by atoms with E-state index >= 15 is 0 Å².